The van der Waals surface area contributed by atoms with Crippen molar-refractivity contribution in [2.75, 3.05) is 0 Å². The summed E-state index contributed by atoms with van der Waals surface area (Å²) in [6, 6.07) is 8.95. The van der Waals surface area contributed by atoms with Crippen molar-refractivity contribution in [3.63, 3.8) is 0 Å². The molecule has 1 heterocycles. The molecule has 0 N–H and O–H groups in total. The Balaban J connectivity index is 2.43. The Hall–Kier alpha value is -1.80. The van der Waals surface area contributed by atoms with Crippen molar-refractivity contribution in [1.29, 1.82) is 0 Å². The molecule has 0 aliphatic rings. The summed E-state index contributed by atoms with van der Waals surface area (Å²) in [7, 11) is -3.69. The van der Waals surface area contributed by atoms with E-state index >= 15 is 0 Å². The highest BCUT2D eigenvalue weighted by Crippen LogP contribution is 2.24. The fraction of sp³-hybridized carbons (Fsp3) is 0.154. The van der Waals surface area contributed by atoms with Gasteiger partial charge < -0.3 is 0 Å². The molecule has 0 bridgehead atoms. The maximum Gasteiger partial charge on any atom is 0.291 e. The Morgan fingerprint density at radius 1 is 1.19 bits per heavy atom. The second-order valence-electron chi connectivity index (χ2n) is 4.43. The lowest BCUT2D eigenvalue weighted by molar-refractivity contribution is -0.385. The summed E-state index contributed by atoms with van der Waals surface area (Å²) >= 11 is 3.09. The van der Waals surface area contributed by atoms with E-state index in [1.165, 1.54) is 24.3 Å². The van der Waals surface area contributed by atoms with Crippen LogP contribution in [0.25, 0.3) is 0 Å². The first kappa shape index (κ1) is 15.6. The molecule has 0 saturated carbocycles. The molecule has 110 valence electrons. The van der Waals surface area contributed by atoms with Gasteiger partial charge >= 0.3 is 0 Å². The number of benzene rings is 1. The highest BCUT2D eigenvalue weighted by Gasteiger charge is 2.23. The Kier molecular flexibility index (Phi) is 4.38. The number of hydrogen-bond donors (Lipinski definition) is 0. The van der Waals surface area contributed by atoms with Gasteiger partial charge in [0.15, 0.2) is 9.84 Å². The number of pyridine rings is 1. The Labute approximate surface area is 130 Å². The van der Waals surface area contributed by atoms with Gasteiger partial charge in [-0.1, -0.05) is 17.7 Å². The van der Waals surface area contributed by atoms with Crippen LogP contribution in [-0.4, -0.2) is 18.3 Å². The van der Waals surface area contributed by atoms with E-state index in [9.17, 15) is 18.5 Å². The van der Waals surface area contributed by atoms with Gasteiger partial charge in [-0.2, -0.15) is 0 Å². The van der Waals surface area contributed by atoms with Gasteiger partial charge in [-0.3, -0.25) is 10.1 Å². The molecule has 0 unspecified atom stereocenters. The van der Waals surface area contributed by atoms with E-state index in [1.54, 1.807) is 12.1 Å². The standard InChI is InChI=1S/C13H11BrN2O4S/c1-9-2-4-10(5-3-9)21(19,20)8-11-12(16(17)18)6-7-13(14)15-11/h2-7H,8H2,1H3. The van der Waals surface area contributed by atoms with Crippen LogP contribution in [0.15, 0.2) is 45.9 Å². The number of rotatable bonds is 4. The van der Waals surface area contributed by atoms with E-state index in [0.717, 1.165) is 5.56 Å². The fourth-order valence-electron chi connectivity index (χ4n) is 1.75. The minimum Gasteiger partial charge on any atom is -0.258 e. The van der Waals surface area contributed by atoms with E-state index in [2.05, 4.69) is 20.9 Å². The number of aromatic nitrogens is 1. The zero-order valence-corrected chi connectivity index (χ0v) is 13.4. The van der Waals surface area contributed by atoms with Gasteiger partial charge in [0.2, 0.25) is 0 Å². The van der Waals surface area contributed by atoms with Gasteiger partial charge in [0, 0.05) is 6.07 Å². The van der Waals surface area contributed by atoms with Crippen LogP contribution >= 0.6 is 15.9 Å². The van der Waals surface area contributed by atoms with Crippen LogP contribution in [0.4, 0.5) is 5.69 Å². The van der Waals surface area contributed by atoms with Crippen LogP contribution in [0.3, 0.4) is 0 Å². The molecule has 0 radical (unpaired) electrons. The summed E-state index contributed by atoms with van der Waals surface area (Å²) in [6.45, 7) is 1.84. The van der Waals surface area contributed by atoms with Crippen molar-refractivity contribution >= 4 is 31.5 Å². The quantitative estimate of drug-likeness (QED) is 0.468. The van der Waals surface area contributed by atoms with E-state index in [0.29, 0.717) is 4.60 Å². The SMILES string of the molecule is Cc1ccc(S(=O)(=O)Cc2nc(Br)ccc2[N+](=O)[O-])cc1. The first-order valence-corrected chi connectivity index (χ1v) is 8.33. The monoisotopic (exact) mass is 370 g/mol. The smallest absolute Gasteiger partial charge is 0.258 e. The van der Waals surface area contributed by atoms with E-state index in [1.807, 2.05) is 6.92 Å². The van der Waals surface area contributed by atoms with Crippen molar-refractivity contribution in [2.45, 2.75) is 17.6 Å². The second kappa shape index (κ2) is 5.90. The van der Waals surface area contributed by atoms with E-state index in [4.69, 9.17) is 0 Å². The summed E-state index contributed by atoms with van der Waals surface area (Å²) in [6.07, 6.45) is 0. The zero-order valence-electron chi connectivity index (χ0n) is 11.0. The Bertz CT molecular complexity index is 788. The minimum absolute atomic E-state index is 0.0880. The van der Waals surface area contributed by atoms with Crippen LogP contribution in [0.1, 0.15) is 11.3 Å². The van der Waals surface area contributed by atoms with E-state index < -0.39 is 20.5 Å². The third-order valence-electron chi connectivity index (χ3n) is 2.82. The molecule has 0 atom stereocenters. The molecule has 2 aromatic rings. The van der Waals surface area contributed by atoms with Crippen LogP contribution in [-0.2, 0) is 15.6 Å². The maximum absolute atomic E-state index is 12.3. The first-order valence-electron chi connectivity index (χ1n) is 5.89. The van der Waals surface area contributed by atoms with Gasteiger partial charge in [-0.05, 0) is 41.1 Å². The number of nitrogens with zero attached hydrogens (tertiary/aromatic N) is 2. The first-order chi connectivity index (χ1) is 9.79. The summed E-state index contributed by atoms with van der Waals surface area (Å²) < 4.78 is 25.0. The molecule has 21 heavy (non-hydrogen) atoms. The molecule has 8 heteroatoms. The number of nitro groups is 1. The average molecular weight is 371 g/mol. The van der Waals surface area contributed by atoms with Crippen molar-refractivity contribution in [2.24, 2.45) is 0 Å². The number of hydrogen-bond acceptors (Lipinski definition) is 5. The summed E-state index contributed by atoms with van der Waals surface area (Å²) in [5.74, 6) is -0.522. The highest BCUT2D eigenvalue weighted by molar-refractivity contribution is 9.10. The van der Waals surface area contributed by atoms with Crippen LogP contribution in [0.2, 0.25) is 0 Å². The van der Waals surface area contributed by atoms with Gasteiger partial charge in [-0.15, -0.1) is 0 Å². The molecule has 1 aromatic carbocycles. The van der Waals surface area contributed by atoms with Crippen LogP contribution in [0.5, 0.6) is 0 Å². The predicted octanol–water partition coefficient (Wildman–Crippen LogP) is 3.03. The zero-order chi connectivity index (χ0) is 15.6. The summed E-state index contributed by atoms with van der Waals surface area (Å²) in [4.78, 5) is 14.3. The summed E-state index contributed by atoms with van der Waals surface area (Å²) in [5, 5.41) is 11.0. The predicted molar refractivity (Wildman–Crippen MR) is 80.7 cm³/mol. The molecule has 0 aliphatic carbocycles. The molecule has 6 nitrogen and oxygen atoms in total. The Morgan fingerprint density at radius 2 is 1.81 bits per heavy atom. The van der Waals surface area contributed by atoms with Gasteiger partial charge in [0.05, 0.1) is 9.82 Å². The molecular weight excluding hydrogens is 360 g/mol. The lowest BCUT2D eigenvalue weighted by Gasteiger charge is -2.06. The molecule has 0 aliphatic heterocycles. The van der Waals surface area contributed by atoms with Crippen molar-refractivity contribution in [3.05, 3.63) is 62.4 Å². The third-order valence-corrected chi connectivity index (χ3v) is 4.91. The minimum atomic E-state index is -3.69. The number of halogens is 1. The topological polar surface area (TPSA) is 90.2 Å². The molecule has 0 spiro atoms. The second-order valence-corrected chi connectivity index (χ2v) is 7.23. The maximum atomic E-state index is 12.3. The Morgan fingerprint density at radius 3 is 2.38 bits per heavy atom. The lowest BCUT2D eigenvalue weighted by atomic mass is 10.2. The fourth-order valence-corrected chi connectivity index (χ4v) is 3.38. The van der Waals surface area contributed by atoms with Crippen molar-refractivity contribution < 1.29 is 13.3 Å². The molecular formula is C13H11BrN2O4S. The largest absolute Gasteiger partial charge is 0.291 e. The summed E-state index contributed by atoms with van der Waals surface area (Å²) in [5.41, 5.74) is 0.532. The van der Waals surface area contributed by atoms with E-state index in [-0.39, 0.29) is 16.3 Å². The third kappa shape index (κ3) is 3.64. The molecule has 1 aromatic heterocycles. The average Bonchev–Trinajstić information content (AvgIpc) is 2.38. The lowest BCUT2D eigenvalue weighted by Crippen LogP contribution is -2.09. The normalized spacial score (nSPS) is 11.3. The van der Waals surface area contributed by atoms with Crippen LogP contribution < -0.4 is 0 Å². The molecule has 0 saturated heterocycles. The van der Waals surface area contributed by atoms with Gasteiger partial charge in [0.1, 0.15) is 16.0 Å². The van der Waals surface area contributed by atoms with Crippen LogP contribution in [0, 0.1) is 17.0 Å². The number of sulfone groups is 1. The highest BCUT2D eigenvalue weighted by atomic mass is 79.9. The number of aryl methyl sites for hydroxylation is 1. The van der Waals surface area contributed by atoms with Gasteiger partial charge in [0.25, 0.3) is 5.69 Å². The molecule has 2 rings (SSSR count). The molecule has 0 fully saturated rings. The molecule has 0 amide bonds. The van der Waals surface area contributed by atoms with Crippen molar-refractivity contribution in [1.82, 2.24) is 4.98 Å². The van der Waals surface area contributed by atoms with Gasteiger partial charge in [-0.25, -0.2) is 13.4 Å². The van der Waals surface area contributed by atoms with Crippen molar-refractivity contribution in [3.8, 4) is 0 Å².